The standard InChI is InChI=1S/C17H15FN2O5/c1-25-17(24)13-11-6-7-20(8-9-2-4-10(18)5-3-9)16(23)12(11)14(21)15(22)19-13/h2-5,14,21H,6-8H2,1H3. The molecular formula is C17H15FN2O5. The van der Waals surface area contributed by atoms with E-state index in [4.69, 9.17) is 0 Å². The number of hydrogen-bond acceptors (Lipinski definition) is 5. The molecule has 2 heterocycles. The van der Waals surface area contributed by atoms with Crippen LogP contribution in [0, 0.1) is 5.82 Å². The second kappa shape index (κ2) is 6.56. The van der Waals surface area contributed by atoms with Crippen molar-refractivity contribution in [3.8, 4) is 0 Å². The Morgan fingerprint density at radius 3 is 2.68 bits per heavy atom. The van der Waals surface area contributed by atoms with E-state index in [1.165, 1.54) is 17.0 Å². The van der Waals surface area contributed by atoms with Crippen LogP contribution in [0.2, 0.25) is 0 Å². The summed E-state index contributed by atoms with van der Waals surface area (Å²) in [5.41, 5.74) is 0.563. The maximum atomic E-state index is 13.0. The molecule has 1 aromatic rings. The first-order valence-electron chi connectivity index (χ1n) is 7.58. The van der Waals surface area contributed by atoms with Crippen LogP contribution in [-0.4, -0.2) is 53.3 Å². The number of dihydropyridines is 1. The van der Waals surface area contributed by atoms with Gasteiger partial charge in [-0.2, -0.15) is 0 Å². The topological polar surface area (TPSA) is 96.3 Å². The van der Waals surface area contributed by atoms with Gasteiger partial charge in [0.2, 0.25) is 0 Å². The fourth-order valence-corrected chi connectivity index (χ4v) is 2.90. The molecule has 0 bridgehead atoms. The Kier molecular flexibility index (Phi) is 4.45. The van der Waals surface area contributed by atoms with Crippen LogP contribution >= 0.6 is 0 Å². The summed E-state index contributed by atoms with van der Waals surface area (Å²) in [6, 6.07) is 5.68. The molecule has 25 heavy (non-hydrogen) atoms. The van der Waals surface area contributed by atoms with Crippen molar-refractivity contribution >= 4 is 23.5 Å². The van der Waals surface area contributed by atoms with Gasteiger partial charge in [-0.1, -0.05) is 12.1 Å². The molecule has 7 nitrogen and oxygen atoms in total. The van der Waals surface area contributed by atoms with Crippen LogP contribution in [0.4, 0.5) is 4.39 Å². The lowest BCUT2D eigenvalue weighted by Gasteiger charge is -2.33. The highest BCUT2D eigenvalue weighted by molar-refractivity contribution is 6.47. The molecule has 2 aliphatic heterocycles. The molecule has 0 fully saturated rings. The predicted molar refractivity (Wildman–Crippen MR) is 83.9 cm³/mol. The van der Waals surface area contributed by atoms with Crippen LogP contribution < -0.4 is 0 Å². The Bertz CT molecular complexity index is 813. The Morgan fingerprint density at radius 2 is 2.04 bits per heavy atom. The molecule has 0 aromatic heterocycles. The smallest absolute Gasteiger partial charge is 0.357 e. The van der Waals surface area contributed by atoms with Crippen molar-refractivity contribution < 1.29 is 28.6 Å². The first-order chi connectivity index (χ1) is 11.9. The molecule has 0 spiro atoms. The molecule has 2 aliphatic rings. The molecule has 130 valence electrons. The van der Waals surface area contributed by atoms with Gasteiger partial charge in [0, 0.05) is 13.1 Å². The summed E-state index contributed by atoms with van der Waals surface area (Å²) in [5.74, 6) is -2.74. The van der Waals surface area contributed by atoms with E-state index in [2.05, 4.69) is 9.73 Å². The number of rotatable bonds is 3. The van der Waals surface area contributed by atoms with Gasteiger partial charge < -0.3 is 14.7 Å². The fourth-order valence-electron chi connectivity index (χ4n) is 2.90. The van der Waals surface area contributed by atoms with Crippen molar-refractivity contribution in [2.45, 2.75) is 19.1 Å². The lowest BCUT2D eigenvalue weighted by Crippen LogP contribution is -2.46. The maximum Gasteiger partial charge on any atom is 0.357 e. The molecule has 0 saturated heterocycles. The molecule has 2 amide bonds. The number of hydrogen-bond donors (Lipinski definition) is 1. The van der Waals surface area contributed by atoms with Crippen molar-refractivity contribution in [1.82, 2.24) is 4.90 Å². The highest BCUT2D eigenvalue weighted by atomic mass is 19.1. The predicted octanol–water partition coefficient (Wildman–Crippen LogP) is 0.370. The number of methoxy groups -OCH3 is 1. The van der Waals surface area contributed by atoms with Gasteiger partial charge in [-0.05, 0) is 29.7 Å². The minimum Gasteiger partial charge on any atom is -0.464 e. The zero-order valence-electron chi connectivity index (χ0n) is 13.4. The highest BCUT2D eigenvalue weighted by Gasteiger charge is 2.41. The first kappa shape index (κ1) is 17.0. The quantitative estimate of drug-likeness (QED) is 0.798. The first-order valence-corrected chi connectivity index (χ1v) is 7.58. The van der Waals surface area contributed by atoms with E-state index in [9.17, 15) is 23.9 Å². The van der Waals surface area contributed by atoms with Crippen LogP contribution in [0.15, 0.2) is 40.4 Å². The van der Waals surface area contributed by atoms with E-state index < -0.39 is 23.9 Å². The number of benzene rings is 1. The average Bonchev–Trinajstić information content (AvgIpc) is 2.61. The molecule has 0 saturated carbocycles. The van der Waals surface area contributed by atoms with Gasteiger partial charge in [0.25, 0.3) is 11.8 Å². The van der Waals surface area contributed by atoms with E-state index in [1.54, 1.807) is 12.1 Å². The monoisotopic (exact) mass is 346 g/mol. The number of halogens is 1. The van der Waals surface area contributed by atoms with Crippen molar-refractivity contribution in [3.63, 3.8) is 0 Å². The Hall–Kier alpha value is -2.87. The Morgan fingerprint density at radius 1 is 1.36 bits per heavy atom. The zero-order chi connectivity index (χ0) is 18.1. The van der Waals surface area contributed by atoms with Gasteiger partial charge in [-0.25, -0.2) is 14.2 Å². The second-order valence-corrected chi connectivity index (χ2v) is 5.69. The van der Waals surface area contributed by atoms with Crippen molar-refractivity contribution in [2.75, 3.05) is 13.7 Å². The summed E-state index contributed by atoms with van der Waals surface area (Å²) in [4.78, 5) is 41.3. The molecule has 1 unspecified atom stereocenters. The number of carbonyl (C=O) groups excluding carboxylic acids is 3. The number of ether oxygens (including phenoxy) is 1. The minimum atomic E-state index is -1.70. The van der Waals surface area contributed by atoms with Crippen LogP contribution in [-0.2, 0) is 25.7 Å². The largest absolute Gasteiger partial charge is 0.464 e. The highest BCUT2D eigenvalue weighted by Crippen LogP contribution is 2.29. The number of esters is 1. The van der Waals surface area contributed by atoms with Gasteiger partial charge in [-0.15, -0.1) is 0 Å². The SMILES string of the molecule is COC(=O)C1=NC(=O)C(O)C2=C1CCN(Cc1ccc(F)cc1)C2=O. The summed E-state index contributed by atoms with van der Waals surface area (Å²) in [7, 11) is 1.14. The third-order valence-corrected chi connectivity index (χ3v) is 4.16. The summed E-state index contributed by atoms with van der Waals surface area (Å²) < 4.78 is 17.6. The molecule has 0 radical (unpaired) electrons. The number of amides is 2. The van der Waals surface area contributed by atoms with E-state index in [0.29, 0.717) is 5.56 Å². The molecular weight excluding hydrogens is 331 g/mol. The average molecular weight is 346 g/mol. The lowest BCUT2D eigenvalue weighted by atomic mass is 9.88. The van der Waals surface area contributed by atoms with E-state index in [-0.39, 0.29) is 42.2 Å². The fraction of sp³-hybridized carbons (Fsp3) is 0.294. The Labute approximate surface area is 142 Å². The van der Waals surface area contributed by atoms with E-state index in [1.807, 2.05) is 0 Å². The summed E-state index contributed by atoms with van der Waals surface area (Å²) in [5, 5.41) is 10.1. The third-order valence-electron chi connectivity index (χ3n) is 4.16. The molecule has 1 atom stereocenters. The van der Waals surface area contributed by atoms with Gasteiger partial charge >= 0.3 is 5.97 Å². The summed E-state index contributed by atoms with van der Waals surface area (Å²) in [6.07, 6.45) is -1.45. The molecule has 1 N–H and O–H groups in total. The van der Waals surface area contributed by atoms with Gasteiger partial charge in [0.15, 0.2) is 11.8 Å². The molecule has 8 heteroatoms. The summed E-state index contributed by atoms with van der Waals surface area (Å²) >= 11 is 0. The van der Waals surface area contributed by atoms with Crippen LogP contribution in [0.3, 0.4) is 0 Å². The van der Waals surface area contributed by atoms with Gasteiger partial charge in [0.05, 0.1) is 12.7 Å². The van der Waals surface area contributed by atoms with Crippen LogP contribution in [0.25, 0.3) is 0 Å². The van der Waals surface area contributed by atoms with Crippen LogP contribution in [0.5, 0.6) is 0 Å². The molecule has 1 aromatic carbocycles. The van der Waals surface area contributed by atoms with Crippen molar-refractivity contribution in [1.29, 1.82) is 0 Å². The van der Waals surface area contributed by atoms with Crippen LogP contribution in [0.1, 0.15) is 12.0 Å². The number of aliphatic hydroxyl groups excluding tert-OH is 1. The number of carbonyl (C=O) groups is 3. The number of aliphatic hydroxyl groups is 1. The second-order valence-electron chi connectivity index (χ2n) is 5.69. The minimum absolute atomic E-state index is 0.145. The number of aliphatic imine (C=N–C) groups is 1. The normalized spacial score (nSPS) is 20.4. The zero-order valence-corrected chi connectivity index (χ0v) is 13.4. The Balaban J connectivity index is 1.91. The van der Waals surface area contributed by atoms with Gasteiger partial charge in [0.1, 0.15) is 5.82 Å². The molecule has 0 aliphatic carbocycles. The van der Waals surface area contributed by atoms with Crippen molar-refractivity contribution in [3.05, 3.63) is 46.8 Å². The maximum absolute atomic E-state index is 13.0. The van der Waals surface area contributed by atoms with E-state index in [0.717, 1.165) is 7.11 Å². The third kappa shape index (κ3) is 3.08. The van der Waals surface area contributed by atoms with E-state index >= 15 is 0 Å². The van der Waals surface area contributed by atoms with Gasteiger partial charge in [-0.3, -0.25) is 9.59 Å². The van der Waals surface area contributed by atoms with Crippen molar-refractivity contribution in [2.24, 2.45) is 4.99 Å². The lowest BCUT2D eigenvalue weighted by molar-refractivity contribution is -0.135. The summed E-state index contributed by atoms with van der Waals surface area (Å²) in [6.45, 7) is 0.466. The molecule has 3 rings (SSSR count). The number of nitrogens with zero attached hydrogens (tertiary/aromatic N) is 2.